The summed E-state index contributed by atoms with van der Waals surface area (Å²) in [6.07, 6.45) is 9.99. The van der Waals surface area contributed by atoms with Crippen LogP contribution in [0, 0.1) is 5.41 Å². The molecule has 0 aromatic rings. The number of carboxylic acid groups (broad SMARTS) is 1. The van der Waals surface area contributed by atoms with Crippen molar-refractivity contribution in [2.75, 3.05) is 13.1 Å². The molecule has 2 amide bonds. The minimum Gasteiger partial charge on any atom is -0.481 e. The summed E-state index contributed by atoms with van der Waals surface area (Å²) in [6, 6.07) is 0.0894. The van der Waals surface area contributed by atoms with E-state index in [1.54, 1.807) is 4.90 Å². The van der Waals surface area contributed by atoms with Crippen molar-refractivity contribution in [2.45, 2.75) is 57.9 Å². The van der Waals surface area contributed by atoms with Crippen molar-refractivity contribution < 1.29 is 14.7 Å². The number of hydrogen-bond acceptors (Lipinski definition) is 2. The van der Waals surface area contributed by atoms with E-state index < -0.39 is 11.4 Å². The van der Waals surface area contributed by atoms with Gasteiger partial charge in [-0.2, -0.15) is 0 Å². The molecule has 0 bridgehead atoms. The molecule has 0 spiro atoms. The average molecular weight is 294 g/mol. The number of nitrogens with one attached hydrogen (secondary N) is 1. The molecular formula is C16H26N2O3. The highest BCUT2D eigenvalue weighted by Crippen LogP contribution is 2.35. The smallest absolute Gasteiger partial charge is 0.317 e. The van der Waals surface area contributed by atoms with Gasteiger partial charge in [-0.3, -0.25) is 4.79 Å². The molecule has 118 valence electrons. The van der Waals surface area contributed by atoms with Gasteiger partial charge in [0.15, 0.2) is 0 Å². The molecule has 1 heterocycles. The molecule has 0 aromatic carbocycles. The van der Waals surface area contributed by atoms with Gasteiger partial charge in [-0.25, -0.2) is 4.79 Å². The van der Waals surface area contributed by atoms with Crippen molar-refractivity contribution in [1.29, 1.82) is 0 Å². The van der Waals surface area contributed by atoms with E-state index in [0.29, 0.717) is 25.9 Å². The van der Waals surface area contributed by atoms with E-state index in [1.807, 2.05) is 6.92 Å². The third-order valence-corrected chi connectivity index (χ3v) is 4.64. The third-order valence-electron chi connectivity index (χ3n) is 4.64. The molecule has 0 aromatic heterocycles. The summed E-state index contributed by atoms with van der Waals surface area (Å²) in [5.74, 6) is -0.762. The molecule has 2 aliphatic rings. The fourth-order valence-electron chi connectivity index (χ4n) is 3.46. The zero-order chi connectivity index (χ0) is 15.3. The second kappa shape index (κ2) is 6.96. The van der Waals surface area contributed by atoms with Crippen LogP contribution in [0.25, 0.3) is 0 Å². The van der Waals surface area contributed by atoms with E-state index in [2.05, 4.69) is 17.5 Å². The fraction of sp³-hybridized carbons (Fsp3) is 0.750. The normalized spacial score (nSPS) is 29.2. The Morgan fingerprint density at radius 1 is 1.43 bits per heavy atom. The Morgan fingerprint density at radius 2 is 2.24 bits per heavy atom. The van der Waals surface area contributed by atoms with Gasteiger partial charge in [0.25, 0.3) is 0 Å². The number of hydrogen-bond donors (Lipinski definition) is 2. The number of carbonyl (C=O) groups is 2. The van der Waals surface area contributed by atoms with E-state index in [-0.39, 0.29) is 12.1 Å². The summed E-state index contributed by atoms with van der Waals surface area (Å²) in [4.78, 5) is 25.7. The van der Waals surface area contributed by atoms with E-state index in [4.69, 9.17) is 0 Å². The first-order valence-electron chi connectivity index (χ1n) is 8.01. The number of carbonyl (C=O) groups excluding carboxylic acids is 1. The van der Waals surface area contributed by atoms with E-state index >= 15 is 0 Å². The van der Waals surface area contributed by atoms with Crippen molar-refractivity contribution in [3.05, 3.63) is 12.2 Å². The minimum atomic E-state index is -0.762. The van der Waals surface area contributed by atoms with Gasteiger partial charge in [0.05, 0.1) is 5.41 Å². The maximum atomic E-state index is 12.4. The standard InChI is InChI=1S/C16H26N2O3/c1-2-9-16(14(19)20)10-6-11-18(12-16)15(21)17-13-7-4-3-5-8-13/h3-4,13H,2,5-12H2,1H3,(H,17,21)(H,19,20). The van der Waals surface area contributed by atoms with Crippen molar-refractivity contribution in [3.8, 4) is 0 Å². The molecule has 21 heavy (non-hydrogen) atoms. The van der Waals surface area contributed by atoms with Gasteiger partial charge in [-0.15, -0.1) is 0 Å². The van der Waals surface area contributed by atoms with Crippen molar-refractivity contribution in [3.63, 3.8) is 0 Å². The molecule has 5 nitrogen and oxygen atoms in total. The van der Waals surface area contributed by atoms with Crippen LogP contribution in [0.1, 0.15) is 51.9 Å². The Bertz CT molecular complexity index is 418. The lowest BCUT2D eigenvalue weighted by Gasteiger charge is -2.40. The van der Waals surface area contributed by atoms with Gasteiger partial charge < -0.3 is 15.3 Å². The number of nitrogens with zero attached hydrogens (tertiary/aromatic N) is 1. The van der Waals surface area contributed by atoms with Gasteiger partial charge in [-0.1, -0.05) is 25.5 Å². The number of allylic oxidation sites excluding steroid dienone is 1. The summed E-state index contributed by atoms with van der Waals surface area (Å²) >= 11 is 0. The van der Waals surface area contributed by atoms with Crippen LogP contribution in [0.5, 0.6) is 0 Å². The van der Waals surface area contributed by atoms with Crippen LogP contribution in [0.2, 0.25) is 0 Å². The first-order chi connectivity index (χ1) is 10.1. The van der Waals surface area contributed by atoms with Gasteiger partial charge in [-0.05, 0) is 38.5 Å². The van der Waals surface area contributed by atoms with Gasteiger partial charge in [0.1, 0.15) is 0 Å². The Kier molecular flexibility index (Phi) is 5.26. The van der Waals surface area contributed by atoms with Gasteiger partial charge >= 0.3 is 12.0 Å². The largest absolute Gasteiger partial charge is 0.481 e. The zero-order valence-corrected chi connectivity index (χ0v) is 12.8. The predicted octanol–water partition coefficient (Wildman–Crippen LogP) is 2.77. The monoisotopic (exact) mass is 294 g/mol. The SMILES string of the molecule is CCCC1(C(=O)O)CCCN(C(=O)NC2CC=CCC2)C1. The molecule has 0 radical (unpaired) electrons. The lowest BCUT2D eigenvalue weighted by atomic mass is 9.76. The molecule has 2 unspecified atom stereocenters. The van der Waals surface area contributed by atoms with Gasteiger partial charge in [0.2, 0.25) is 0 Å². The highest BCUT2D eigenvalue weighted by Gasteiger charge is 2.42. The zero-order valence-electron chi connectivity index (χ0n) is 12.8. The second-order valence-electron chi connectivity index (χ2n) is 6.29. The molecular weight excluding hydrogens is 268 g/mol. The van der Waals surface area contributed by atoms with Crippen molar-refractivity contribution >= 4 is 12.0 Å². The predicted molar refractivity (Wildman–Crippen MR) is 81.1 cm³/mol. The van der Waals surface area contributed by atoms with Crippen LogP contribution in [0.4, 0.5) is 4.79 Å². The fourth-order valence-corrected chi connectivity index (χ4v) is 3.46. The summed E-state index contributed by atoms with van der Waals surface area (Å²) in [5.41, 5.74) is -0.753. The molecule has 2 atom stereocenters. The highest BCUT2D eigenvalue weighted by atomic mass is 16.4. The molecule has 1 fully saturated rings. The van der Waals surface area contributed by atoms with Crippen molar-refractivity contribution in [2.24, 2.45) is 5.41 Å². The Hall–Kier alpha value is -1.52. The lowest BCUT2D eigenvalue weighted by molar-refractivity contribution is -0.152. The number of piperidine rings is 1. The third kappa shape index (κ3) is 3.77. The first-order valence-corrected chi connectivity index (χ1v) is 8.01. The lowest BCUT2D eigenvalue weighted by Crippen LogP contribution is -2.54. The Labute approximate surface area is 126 Å². The number of amides is 2. The number of urea groups is 1. The Morgan fingerprint density at radius 3 is 2.86 bits per heavy atom. The quantitative estimate of drug-likeness (QED) is 0.783. The Balaban J connectivity index is 1.97. The summed E-state index contributed by atoms with van der Waals surface area (Å²) in [7, 11) is 0. The van der Waals surface area contributed by atoms with Crippen LogP contribution < -0.4 is 5.32 Å². The highest BCUT2D eigenvalue weighted by molar-refractivity contribution is 5.79. The van der Waals surface area contributed by atoms with Crippen LogP contribution in [-0.4, -0.2) is 41.1 Å². The maximum Gasteiger partial charge on any atom is 0.317 e. The summed E-state index contributed by atoms with van der Waals surface area (Å²) in [5, 5.41) is 12.6. The van der Waals surface area contributed by atoms with Crippen LogP contribution in [0.15, 0.2) is 12.2 Å². The van der Waals surface area contributed by atoms with Crippen LogP contribution in [-0.2, 0) is 4.79 Å². The van der Waals surface area contributed by atoms with Crippen LogP contribution in [0.3, 0.4) is 0 Å². The van der Waals surface area contributed by atoms with Crippen molar-refractivity contribution in [1.82, 2.24) is 10.2 Å². The second-order valence-corrected chi connectivity index (χ2v) is 6.29. The number of carboxylic acids is 1. The van der Waals surface area contributed by atoms with E-state index in [1.165, 1.54) is 0 Å². The molecule has 1 saturated heterocycles. The van der Waals surface area contributed by atoms with Crippen LogP contribution >= 0.6 is 0 Å². The molecule has 2 N–H and O–H groups in total. The maximum absolute atomic E-state index is 12.4. The number of aliphatic carboxylic acids is 1. The molecule has 1 aliphatic carbocycles. The number of likely N-dealkylation sites (tertiary alicyclic amines) is 1. The summed E-state index contributed by atoms with van der Waals surface area (Å²) in [6.45, 7) is 3.00. The minimum absolute atomic E-state index is 0.100. The molecule has 2 rings (SSSR count). The van der Waals surface area contributed by atoms with Gasteiger partial charge in [0, 0.05) is 19.1 Å². The van der Waals surface area contributed by atoms with E-state index in [9.17, 15) is 14.7 Å². The molecule has 1 aliphatic heterocycles. The van der Waals surface area contributed by atoms with E-state index in [0.717, 1.165) is 32.1 Å². The topological polar surface area (TPSA) is 69.6 Å². The molecule has 0 saturated carbocycles. The summed E-state index contributed by atoms with van der Waals surface area (Å²) < 4.78 is 0. The average Bonchev–Trinajstić information content (AvgIpc) is 2.48. The first kappa shape index (κ1) is 15.9. The number of rotatable bonds is 4. The molecule has 5 heteroatoms.